The summed E-state index contributed by atoms with van der Waals surface area (Å²) in [7, 11) is 0. The zero-order valence-corrected chi connectivity index (χ0v) is 17.6. The van der Waals surface area contributed by atoms with Gasteiger partial charge in [-0.15, -0.1) is 0 Å². The Morgan fingerprint density at radius 3 is 2.94 bits per heavy atom. The zero-order valence-electron chi connectivity index (χ0n) is 17.6. The van der Waals surface area contributed by atoms with Crippen molar-refractivity contribution >= 4 is 11.8 Å². The molecule has 2 N–H and O–H groups in total. The number of anilines is 1. The Morgan fingerprint density at radius 1 is 1.23 bits per heavy atom. The predicted molar refractivity (Wildman–Crippen MR) is 118 cm³/mol. The van der Waals surface area contributed by atoms with Gasteiger partial charge >= 0.3 is 5.97 Å². The summed E-state index contributed by atoms with van der Waals surface area (Å²) < 4.78 is 13.6. The lowest BCUT2D eigenvalue weighted by Gasteiger charge is -2.25. The van der Waals surface area contributed by atoms with Crippen LogP contribution >= 0.6 is 0 Å². The Bertz CT molecular complexity index is 949. The van der Waals surface area contributed by atoms with Gasteiger partial charge in [0.2, 0.25) is 0 Å². The van der Waals surface area contributed by atoms with E-state index in [0.29, 0.717) is 13.2 Å². The van der Waals surface area contributed by atoms with Gasteiger partial charge in [0.1, 0.15) is 11.6 Å². The van der Waals surface area contributed by atoms with Gasteiger partial charge in [-0.2, -0.15) is 0 Å². The average molecular weight is 425 g/mol. The summed E-state index contributed by atoms with van der Waals surface area (Å²) in [4.78, 5) is 20.4. The minimum atomic E-state index is -0.874. The molecule has 0 spiro atoms. The molecule has 0 amide bonds. The standard InChI is InChI=1S/C24H29FN4O2/c25-21-6-1-4-19(14-21)20(15-23(30)31)16-29-13-12-28(17-29)11-3-7-22-9-8-18-5-2-10-26-24(18)27-22/h1,4,6,8-9,12-14,20H,2-3,5,7,10-11,15-17H2,(H,26,27)(H,30,31). The lowest BCUT2D eigenvalue weighted by Crippen LogP contribution is -2.30. The number of pyridine rings is 1. The van der Waals surface area contributed by atoms with Crippen molar-refractivity contribution in [3.8, 4) is 0 Å². The molecule has 7 heteroatoms. The smallest absolute Gasteiger partial charge is 0.304 e. The molecule has 2 aliphatic rings. The molecule has 4 rings (SSSR count). The van der Waals surface area contributed by atoms with Gasteiger partial charge in [-0.05, 0) is 55.0 Å². The van der Waals surface area contributed by atoms with Gasteiger partial charge in [-0.1, -0.05) is 18.2 Å². The number of carboxylic acid groups (broad SMARTS) is 1. The molecule has 1 unspecified atom stereocenters. The number of halogens is 1. The van der Waals surface area contributed by atoms with E-state index < -0.39 is 5.97 Å². The molecule has 31 heavy (non-hydrogen) atoms. The number of aromatic nitrogens is 1. The van der Waals surface area contributed by atoms with Crippen LogP contribution in [0.5, 0.6) is 0 Å². The summed E-state index contributed by atoms with van der Waals surface area (Å²) in [6.07, 6.45) is 8.20. The number of hydrogen-bond donors (Lipinski definition) is 2. The number of carbonyl (C=O) groups is 1. The van der Waals surface area contributed by atoms with Crippen LogP contribution in [0.2, 0.25) is 0 Å². The highest BCUT2D eigenvalue weighted by Crippen LogP contribution is 2.24. The average Bonchev–Trinajstić information content (AvgIpc) is 3.20. The molecule has 0 saturated heterocycles. The predicted octanol–water partition coefficient (Wildman–Crippen LogP) is 3.82. The summed E-state index contributed by atoms with van der Waals surface area (Å²) >= 11 is 0. The molecular formula is C24H29FN4O2. The van der Waals surface area contributed by atoms with Gasteiger partial charge in [0.15, 0.2) is 0 Å². The number of rotatable bonds is 9. The molecule has 2 aromatic rings. The number of nitrogens with zero attached hydrogens (tertiary/aromatic N) is 3. The number of benzene rings is 1. The molecule has 0 bridgehead atoms. The highest BCUT2D eigenvalue weighted by molar-refractivity contribution is 5.68. The van der Waals surface area contributed by atoms with Gasteiger partial charge < -0.3 is 20.2 Å². The van der Waals surface area contributed by atoms with E-state index in [-0.39, 0.29) is 18.2 Å². The Balaban J connectivity index is 1.27. The van der Waals surface area contributed by atoms with Gasteiger partial charge in [0, 0.05) is 43.6 Å². The summed E-state index contributed by atoms with van der Waals surface area (Å²) in [5.74, 6) is -0.429. The summed E-state index contributed by atoms with van der Waals surface area (Å²) in [6, 6.07) is 10.6. The number of aryl methyl sites for hydroxylation is 2. The number of carboxylic acids is 1. The first kappa shape index (κ1) is 21.2. The first-order valence-corrected chi connectivity index (χ1v) is 10.9. The molecule has 1 atom stereocenters. The van der Waals surface area contributed by atoms with Gasteiger partial charge in [-0.25, -0.2) is 9.37 Å². The fraction of sp³-hybridized carbons (Fsp3) is 0.417. The van der Waals surface area contributed by atoms with Crippen LogP contribution in [0.3, 0.4) is 0 Å². The molecule has 1 aromatic carbocycles. The molecule has 1 aromatic heterocycles. The minimum Gasteiger partial charge on any atom is -0.481 e. The molecule has 6 nitrogen and oxygen atoms in total. The first-order valence-electron chi connectivity index (χ1n) is 10.9. The third kappa shape index (κ3) is 5.75. The van der Waals surface area contributed by atoms with E-state index in [1.165, 1.54) is 24.1 Å². The highest BCUT2D eigenvalue weighted by atomic mass is 19.1. The van der Waals surface area contributed by atoms with Crippen molar-refractivity contribution in [3.63, 3.8) is 0 Å². The van der Waals surface area contributed by atoms with Crippen molar-refractivity contribution in [3.05, 3.63) is 71.4 Å². The molecule has 0 fully saturated rings. The van der Waals surface area contributed by atoms with Crippen molar-refractivity contribution in [1.29, 1.82) is 0 Å². The van der Waals surface area contributed by atoms with Crippen molar-refractivity contribution in [2.45, 2.75) is 38.0 Å². The van der Waals surface area contributed by atoms with Crippen molar-refractivity contribution in [2.75, 3.05) is 31.6 Å². The minimum absolute atomic E-state index is 0.0220. The number of fused-ring (bicyclic) bond motifs is 1. The van der Waals surface area contributed by atoms with Crippen LogP contribution in [0, 0.1) is 5.82 Å². The normalized spacial score (nSPS) is 16.2. The fourth-order valence-corrected chi connectivity index (χ4v) is 4.29. The van der Waals surface area contributed by atoms with Crippen molar-refractivity contribution in [2.24, 2.45) is 0 Å². The molecule has 0 saturated carbocycles. The summed E-state index contributed by atoms with van der Waals surface area (Å²) in [5, 5.41) is 12.7. The number of hydrogen-bond acceptors (Lipinski definition) is 5. The lowest BCUT2D eigenvalue weighted by molar-refractivity contribution is -0.137. The van der Waals surface area contributed by atoms with Crippen LogP contribution < -0.4 is 5.32 Å². The van der Waals surface area contributed by atoms with Crippen LogP contribution in [0.1, 0.15) is 42.0 Å². The third-order valence-electron chi connectivity index (χ3n) is 5.88. The van der Waals surface area contributed by atoms with Crippen LogP contribution in [-0.4, -0.2) is 52.2 Å². The second-order valence-electron chi connectivity index (χ2n) is 8.32. The molecule has 3 heterocycles. The van der Waals surface area contributed by atoms with Crippen molar-refractivity contribution < 1.29 is 14.3 Å². The highest BCUT2D eigenvalue weighted by Gasteiger charge is 2.21. The maximum Gasteiger partial charge on any atom is 0.304 e. The summed E-state index contributed by atoms with van der Waals surface area (Å²) in [6.45, 7) is 3.16. The van der Waals surface area contributed by atoms with E-state index in [2.05, 4.69) is 27.2 Å². The van der Waals surface area contributed by atoms with Crippen LogP contribution in [0.15, 0.2) is 48.8 Å². The summed E-state index contributed by atoms with van der Waals surface area (Å²) in [5.41, 5.74) is 3.14. The van der Waals surface area contributed by atoms with Crippen molar-refractivity contribution in [1.82, 2.24) is 14.8 Å². The fourth-order valence-electron chi connectivity index (χ4n) is 4.29. The van der Waals surface area contributed by atoms with E-state index >= 15 is 0 Å². The monoisotopic (exact) mass is 424 g/mol. The maximum atomic E-state index is 13.6. The van der Waals surface area contributed by atoms with Gasteiger partial charge in [0.05, 0.1) is 13.1 Å². The Morgan fingerprint density at radius 2 is 2.10 bits per heavy atom. The van der Waals surface area contributed by atoms with Gasteiger partial charge in [-0.3, -0.25) is 4.79 Å². The van der Waals surface area contributed by atoms with E-state index in [1.807, 2.05) is 12.4 Å². The zero-order chi connectivity index (χ0) is 21.6. The second-order valence-corrected chi connectivity index (χ2v) is 8.32. The van der Waals surface area contributed by atoms with E-state index in [9.17, 15) is 14.3 Å². The molecule has 2 aliphatic heterocycles. The van der Waals surface area contributed by atoms with Gasteiger partial charge in [0.25, 0.3) is 0 Å². The molecule has 0 aliphatic carbocycles. The number of nitrogens with one attached hydrogen (secondary N) is 1. The molecule has 164 valence electrons. The third-order valence-corrected chi connectivity index (χ3v) is 5.88. The van der Waals surface area contributed by atoms with E-state index in [4.69, 9.17) is 4.98 Å². The Labute approximate surface area is 182 Å². The largest absolute Gasteiger partial charge is 0.481 e. The van der Waals surface area contributed by atoms with Crippen LogP contribution in [-0.2, 0) is 17.6 Å². The topological polar surface area (TPSA) is 68.7 Å². The Hall–Kier alpha value is -3.09. The van der Waals surface area contributed by atoms with Crippen LogP contribution in [0.25, 0.3) is 0 Å². The Kier molecular flexibility index (Phi) is 6.70. The van der Waals surface area contributed by atoms with E-state index in [1.54, 1.807) is 12.1 Å². The van der Waals surface area contributed by atoms with E-state index in [0.717, 1.165) is 49.4 Å². The molecule has 0 radical (unpaired) electrons. The number of aliphatic carboxylic acids is 1. The second kappa shape index (κ2) is 9.81. The first-order chi connectivity index (χ1) is 15.1. The molecular weight excluding hydrogens is 395 g/mol. The quantitative estimate of drug-likeness (QED) is 0.638. The lowest BCUT2D eigenvalue weighted by atomic mass is 9.95. The SMILES string of the molecule is O=C(O)CC(CN1C=CN(CCCc2ccc3c(n2)NCCC3)C1)c1cccc(F)c1. The van der Waals surface area contributed by atoms with Crippen LogP contribution in [0.4, 0.5) is 10.2 Å². The maximum absolute atomic E-state index is 13.6.